The molecule has 30 heavy (non-hydrogen) atoms. The van der Waals surface area contributed by atoms with Gasteiger partial charge < -0.3 is 9.47 Å². The van der Waals surface area contributed by atoms with Gasteiger partial charge in [0.15, 0.2) is 11.7 Å². The summed E-state index contributed by atoms with van der Waals surface area (Å²) in [6, 6.07) is 12.2. The number of carbonyl (C=O) groups excluding carboxylic acids is 2. The molecule has 0 aromatic heterocycles. The number of amides is 2. The maximum absolute atomic E-state index is 12.2. The van der Waals surface area contributed by atoms with Crippen LogP contribution in [-0.2, 0) is 4.79 Å². The van der Waals surface area contributed by atoms with Gasteiger partial charge in [0, 0.05) is 10.0 Å². The van der Waals surface area contributed by atoms with Gasteiger partial charge in [-0.25, -0.2) is 0 Å². The van der Waals surface area contributed by atoms with E-state index in [1.54, 1.807) is 30.3 Å². The largest absolute Gasteiger partial charge is 0.491 e. The third-order valence-electron chi connectivity index (χ3n) is 4.07. The Morgan fingerprint density at radius 3 is 2.47 bits per heavy atom. The smallest absolute Gasteiger partial charge is 0.276 e. The molecule has 2 aromatic rings. The molecule has 0 radical (unpaired) electrons. The highest BCUT2D eigenvalue weighted by atomic mass is 79.9. The highest BCUT2D eigenvalue weighted by Crippen LogP contribution is 2.22. The van der Waals surface area contributed by atoms with Gasteiger partial charge in [0.05, 0.1) is 6.10 Å². The molecule has 1 unspecified atom stereocenters. The van der Waals surface area contributed by atoms with E-state index in [0.29, 0.717) is 17.1 Å². The van der Waals surface area contributed by atoms with Crippen molar-refractivity contribution in [3.8, 4) is 11.5 Å². The Balaban J connectivity index is 1.75. The number of hydrazine groups is 1. The summed E-state index contributed by atoms with van der Waals surface area (Å²) in [4.78, 5) is 24.2. The molecule has 0 spiro atoms. The topological polar surface area (TPSA) is 88.7 Å². The van der Waals surface area contributed by atoms with Crippen LogP contribution < -0.4 is 25.6 Å². The zero-order valence-corrected chi connectivity index (χ0v) is 19.4. The van der Waals surface area contributed by atoms with E-state index in [4.69, 9.17) is 21.7 Å². The van der Waals surface area contributed by atoms with Crippen LogP contribution in [0.4, 0.5) is 0 Å². The molecule has 7 nitrogen and oxygen atoms in total. The molecule has 0 aliphatic heterocycles. The summed E-state index contributed by atoms with van der Waals surface area (Å²) in [5.74, 6) is 0.443. The summed E-state index contributed by atoms with van der Waals surface area (Å²) < 4.78 is 12.1. The molecule has 3 N–H and O–H groups in total. The number of benzene rings is 2. The minimum Gasteiger partial charge on any atom is -0.491 e. The van der Waals surface area contributed by atoms with Crippen molar-refractivity contribution in [1.29, 1.82) is 0 Å². The maximum atomic E-state index is 12.2. The van der Waals surface area contributed by atoms with Gasteiger partial charge in [0.1, 0.15) is 11.5 Å². The van der Waals surface area contributed by atoms with Crippen LogP contribution in [0.3, 0.4) is 0 Å². The standard InChI is InChI=1S/C21H24BrN3O4S/c1-4-14(3)29-17-8-5-15(6-9-17)20(27)23-21(30)25-24-19(26)12-28-18-10-7-16(22)11-13(18)2/h5-11,14H,4,12H2,1-3H3,(H,24,26)(H2,23,25,27,30). The molecule has 2 rings (SSSR count). The van der Waals surface area contributed by atoms with Crippen molar-refractivity contribution in [3.63, 3.8) is 0 Å². The number of thiocarbonyl (C=S) groups is 1. The highest BCUT2D eigenvalue weighted by Gasteiger charge is 2.10. The lowest BCUT2D eigenvalue weighted by molar-refractivity contribution is -0.123. The van der Waals surface area contributed by atoms with Crippen molar-refractivity contribution in [1.82, 2.24) is 16.2 Å². The summed E-state index contributed by atoms with van der Waals surface area (Å²) in [5.41, 5.74) is 6.16. The van der Waals surface area contributed by atoms with Crippen LogP contribution in [0.25, 0.3) is 0 Å². The Bertz CT molecular complexity index is 906. The Morgan fingerprint density at radius 1 is 1.13 bits per heavy atom. The van der Waals surface area contributed by atoms with Crippen LogP contribution in [0.1, 0.15) is 36.2 Å². The van der Waals surface area contributed by atoms with Crippen molar-refractivity contribution >= 4 is 45.1 Å². The predicted molar refractivity (Wildman–Crippen MR) is 123 cm³/mol. The zero-order chi connectivity index (χ0) is 22.1. The first-order valence-electron chi connectivity index (χ1n) is 9.34. The molecule has 2 amide bonds. The number of nitrogens with one attached hydrogen (secondary N) is 3. The first-order chi connectivity index (χ1) is 14.3. The second kappa shape index (κ2) is 11.5. The minimum atomic E-state index is -0.444. The molecule has 0 heterocycles. The van der Waals surface area contributed by atoms with Gasteiger partial charge in [-0.3, -0.25) is 25.8 Å². The molecule has 1 atom stereocenters. The van der Waals surface area contributed by atoms with Crippen LogP contribution in [0, 0.1) is 6.92 Å². The molecule has 0 aliphatic carbocycles. The molecule has 0 fully saturated rings. The summed E-state index contributed by atoms with van der Waals surface area (Å²) in [7, 11) is 0. The van der Waals surface area contributed by atoms with Crippen LogP contribution in [0.2, 0.25) is 0 Å². The Kier molecular flexibility index (Phi) is 9.07. The lowest BCUT2D eigenvalue weighted by Crippen LogP contribution is -2.49. The first-order valence-corrected chi connectivity index (χ1v) is 10.5. The fourth-order valence-electron chi connectivity index (χ4n) is 2.29. The summed E-state index contributed by atoms with van der Waals surface area (Å²) in [6.45, 7) is 5.69. The van der Waals surface area contributed by atoms with E-state index in [1.807, 2.05) is 32.9 Å². The second-order valence-corrected chi connectivity index (χ2v) is 7.84. The van der Waals surface area contributed by atoms with Gasteiger partial charge in [0.25, 0.3) is 11.8 Å². The zero-order valence-electron chi connectivity index (χ0n) is 17.0. The van der Waals surface area contributed by atoms with Crippen molar-refractivity contribution in [2.45, 2.75) is 33.3 Å². The quantitative estimate of drug-likeness (QED) is 0.403. The minimum absolute atomic E-state index is 0.0342. The van der Waals surface area contributed by atoms with Gasteiger partial charge in [-0.05, 0) is 80.5 Å². The molecule has 0 saturated heterocycles. The van der Waals surface area contributed by atoms with Crippen LogP contribution in [0.5, 0.6) is 11.5 Å². The molecule has 0 saturated carbocycles. The third-order valence-corrected chi connectivity index (χ3v) is 4.76. The molecule has 2 aromatic carbocycles. The number of aryl methyl sites for hydroxylation is 1. The average molecular weight is 494 g/mol. The SMILES string of the molecule is CCC(C)Oc1ccc(C(=O)NC(=S)NNC(=O)COc2ccc(Br)cc2C)cc1. The van der Waals surface area contributed by atoms with E-state index >= 15 is 0 Å². The number of hydrogen-bond donors (Lipinski definition) is 3. The highest BCUT2D eigenvalue weighted by molar-refractivity contribution is 9.10. The molecule has 0 bridgehead atoms. The van der Waals surface area contributed by atoms with E-state index in [9.17, 15) is 9.59 Å². The summed E-state index contributed by atoms with van der Waals surface area (Å²) >= 11 is 8.40. The first kappa shape index (κ1) is 23.6. The molecular weight excluding hydrogens is 470 g/mol. The van der Waals surface area contributed by atoms with Gasteiger partial charge >= 0.3 is 0 Å². The Morgan fingerprint density at radius 2 is 1.83 bits per heavy atom. The second-order valence-electron chi connectivity index (χ2n) is 6.52. The summed E-state index contributed by atoms with van der Waals surface area (Å²) in [5, 5.41) is 2.46. The summed E-state index contributed by atoms with van der Waals surface area (Å²) in [6.07, 6.45) is 0.989. The van der Waals surface area contributed by atoms with Gasteiger partial charge in [-0.1, -0.05) is 22.9 Å². The fourth-order valence-corrected chi connectivity index (χ4v) is 2.91. The predicted octanol–water partition coefficient (Wildman–Crippen LogP) is 3.65. The van der Waals surface area contributed by atoms with Gasteiger partial charge in [0.2, 0.25) is 0 Å². The van der Waals surface area contributed by atoms with Gasteiger partial charge in [-0.15, -0.1) is 0 Å². The van der Waals surface area contributed by atoms with E-state index in [1.165, 1.54) is 0 Å². The molecule has 160 valence electrons. The van der Waals surface area contributed by atoms with Crippen molar-refractivity contribution in [2.75, 3.05) is 6.61 Å². The Labute approximate surface area is 189 Å². The monoisotopic (exact) mass is 493 g/mol. The van der Waals surface area contributed by atoms with E-state index in [2.05, 4.69) is 32.1 Å². The normalized spacial score (nSPS) is 11.2. The lowest BCUT2D eigenvalue weighted by Gasteiger charge is -2.13. The van der Waals surface area contributed by atoms with Crippen molar-refractivity contribution < 1.29 is 19.1 Å². The number of ether oxygens (including phenoxy) is 2. The third kappa shape index (κ3) is 7.64. The average Bonchev–Trinajstić information content (AvgIpc) is 2.72. The van der Waals surface area contributed by atoms with E-state index in [-0.39, 0.29) is 17.8 Å². The van der Waals surface area contributed by atoms with Gasteiger partial charge in [-0.2, -0.15) is 0 Å². The van der Waals surface area contributed by atoms with Crippen molar-refractivity contribution in [3.05, 3.63) is 58.1 Å². The molecular formula is C21H24BrN3O4S. The van der Waals surface area contributed by atoms with Crippen LogP contribution >= 0.6 is 28.1 Å². The van der Waals surface area contributed by atoms with Crippen LogP contribution in [0.15, 0.2) is 46.9 Å². The number of hydrogen-bond acceptors (Lipinski definition) is 5. The number of halogens is 1. The molecule has 9 heteroatoms. The van der Waals surface area contributed by atoms with E-state index in [0.717, 1.165) is 16.5 Å². The Hall–Kier alpha value is -2.65. The fraction of sp³-hybridized carbons (Fsp3) is 0.286. The molecule has 0 aliphatic rings. The number of rotatable bonds is 7. The van der Waals surface area contributed by atoms with E-state index < -0.39 is 11.8 Å². The lowest BCUT2D eigenvalue weighted by atomic mass is 10.2. The van der Waals surface area contributed by atoms with Crippen LogP contribution in [-0.4, -0.2) is 29.6 Å². The maximum Gasteiger partial charge on any atom is 0.276 e. The number of carbonyl (C=O) groups is 2. The van der Waals surface area contributed by atoms with Crippen molar-refractivity contribution in [2.24, 2.45) is 0 Å².